The molecule has 1 aromatic heterocycles. The van der Waals surface area contributed by atoms with Gasteiger partial charge >= 0.3 is 11.6 Å². The van der Waals surface area contributed by atoms with Gasteiger partial charge in [-0.05, 0) is 41.3 Å². The Hall–Kier alpha value is -2.95. The molecule has 0 unspecified atom stereocenters. The van der Waals surface area contributed by atoms with Crippen LogP contribution < -0.4 is 5.63 Å². The van der Waals surface area contributed by atoms with E-state index in [0.29, 0.717) is 5.52 Å². The lowest BCUT2D eigenvalue weighted by Gasteiger charge is -2.18. The Morgan fingerprint density at radius 3 is 2.36 bits per heavy atom. The number of aromatic nitrogens is 1. The third-order valence-corrected chi connectivity index (χ3v) is 4.05. The molecule has 0 spiro atoms. The standard InChI is InChI=1S/C20H19NO4/c1-20(2,3)14-8-5-12(6-9-14)17-21-16-10-7-13(18(22)24-4)11-15(16)19(23)25-17/h5-11H,1-4H3. The van der Waals surface area contributed by atoms with Crippen LogP contribution in [0.5, 0.6) is 0 Å². The zero-order valence-corrected chi connectivity index (χ0v) is 14.6. The van der Waals surface area contributed by atoms with E-state index in [1.54, 1.807) is 12.1 Å². The molecule has 1 heterocycles. The maximum atomic E-state index is 12.3. The minimum absolute atomic E-state index is 0.0421. The van der Waals surface area contributed by atoms with Crippen LogP contribution in [0.4, 0.5) is 0 Å². The van der Waals surface area contributed by atoms with Gasteiger partial charge in [0.1, 0.15) is 0 Å². The zero-order valence-electron chi connectivity index (χ0n) is 14.6. The molecule has 5 heteroatoms. The Balaban J connectivity index is 2.07. The van der Waals surface area contributed by atoms with Crippen molar-refractivity contribution < 1.29 is 13.9 Å². The summed E-state index contributed by atoms with van der Waals surface area (Å²) < 4.78 is 10.0. The summed E-state index contributed by atoms with van der Waals surface area (Å²) in [6, 6.07) is 12.4. The average Bonchev–Trinajstić information content (AvgIpc) is 2.60. The topological polar surface area (TPSA) is 69.4 Å². The van der Waals surface area contributed by atoms with Crippen LogP contribution in [0.1, 0.15) is 36.7 Å². The Labute approximate surface area is 145 Å². The molecule has 0 atom stereocenters. The second-order valence-corrected chi connectivity index (χ2v) is 6.86. The third-order valence-electron chi connectivity index (χ3n) is 4.05. The largest absolute Gasteiger partial charge is 0.465 e. The summed E-state index contributed by atoms with van der Waals surface area (Å²) in [5.74, 6) is -0.257. The number of nitrogens with zero attached hydrogens (tertiary/aromatic N) is 1. The number of carbonyl (C=O) groups excluding carboxylic acids is 1. The number of fused-ring (bicyclic) bond motifs is 1. The highest BCUT2D eigenvalue weighted by molar-refractivity contribution is 5.94. The molecule has 25 heavy (non-hydrogen) atoms. The van der Waals surface area contributed by atoms with Gasteiger partial charge in [-0.1, -0.05) is 32.9 Å². The molecule has 5 nitrogen and oxygen atoms in total. The van der Waals surface area contributed by atoms with E-state index in [1.807, 2.05) is 24.3 Å². The van der Waals surface area contributed by atoms with E-state index in [-0.39, 0.29) is 22.3 Å². The minimum atomic E-state index is -0.536. The van der Waals surface area contributed by atoms with Crippen molar-refractivity contribution in [2.45, 2.75) is 26.2 Å². The summed E-state index contributed by atoms with van der Waals surface area (Å²) in [4.78, 5) is 28.3. The molecule has 0 radical (unpaired) electrons. The minimum Gasteiger partial charge on any atom is -0.465 e. The zero-order chi connectivity index (χ0) is 18.2. The Morgan fingerprint density at radius 2 is 1.76 bits per heavy atom. The van der Waals surface area contributed by atoms with Crippen LogP contribution >= 0.6 is 0 Å². The highest BCUT2D eigenvalue weighted by Gasteiger charge is 2.15. The molecule has 0 N–H and O–H groups in total. The van der Waals surface area contributed by atoms with Gasteiger partial charge in [0.05, 0.1) is 23.6 Å². The van der Waals surface area contributed by atoms with Crippen molar-refractivity contribution in [2.24, 2.45) is 0 Å². The number of ether oxygens (including phenoxy) is 1. The molecule has 3 rings (SSSR count). The summed E-state index contributed by atoms with van der Waals surface area (Å²) >= 11 is 0. The van der Waals surface area contributed by atoms with E-state index in [2.05, 4.69) is 30.5 Å². The molecule has 3 aromatic rings. The lowest BCUT2D eigenvalue weighted by molar-refractivity contribution is 0.0601. The van der Waals surface area contributed by atoms with Gasteiger partial charge in [-0.25, -0.2) is 14.6 Å². The van der Waals surface area contributed by atoms with Gasteiger partial charge in [0.2, 0.25) is 5.89 Å². The lowest BCUT2D eigenvalue weighted by Crippen LogP contribution is -2.10. The first-order valence-electron chi connectivity index (χ1n) is 7.94. The van der Waals surface area contributed by atoms with Crippen molar-refractivity contribution >= 4 is 16.9 Å². The van der Waals surface area contributed by atoms with Crippen molar-refractivity contribution in [3.8, 4) is 11.5 Å². The Morgan fingerprint density at radius 1 is 1.08 bits per heavy atom. The predicted octanol–water partition coefficient (Wildman–Crippen LogP) is 3.94. The van der Waals surface area contributed by atoms with Gasteiger partial charge < -0.3 is 9.15 Å². The van der Waals surface area contributed by atoms with Crippen molar-refractivity contribution in [1.29, 1.82) is 0 Å². The summed E-state index contributed by atoms with van der Waals surface area (Å²) in [7, 11) is 1.29. The van der Waals surface area contributed by atoms with Crippen molar-refractivity contribution in [3.05, 3.63) is 64.0 Å². The van der Waals surface area contributed by atoms with E-state index in [0.717, 1.165) is 5.56 Å². The SMILES string of the molecule is COC(=O)c1ccc2nc(-c3ccc(C(C)(C)C)cc3)oc(=O)c2c1. The molecule has 0 saturated carbocycles. The molecule has 0 aliphatic carbocycles. The number of rotatable bonds is 2. The number of esters is 1. The fourth-order valence-electron chi connectivity index (χ4n) is 2.55. The maximum absolute atomic E-state index is 12.3. The van der Waals surface area contributed by atoms with Crippen LogP contribution in [0.25, 0.3) is 22.4 Å². The smallest absolute Gasteiger partial charge is 0.347 e. The van der Waals surface area contributed by atoms with E-state index in [4.69, 9.17) is 4.42 Å². The number of hydrogen-bond acceptors (Lipinski definition) is 5. The molecule has 0 bridgehead atoms. The van der Waals surface area contributed by atoms with Gasteiger partial charge in [-0.3, -0.25) is 0 Å². The van der Waals surface area contributed by atoms with Gasteiger partial charge in [0, 0.05) is 5.56 Å². The van der Waals surface area contributed by atoms with E-state index in [1.165, 1.54) is 18.7 Å². The molecule has 2 aromatic carbocycles. The molecule has 0 saturated heterocycles. The first-order valence-corrected chi connectivity index (χ1v) is 7.94. The number of methoxy groups -OCH3 is 1. The highest BCUT2D eigenvalue weighted by Crippen LogP contribution is 2.25. The normalized spacial score (nSPS) is 11.5. The Kier molecular flexibility index (Phi) is 4.17. The first-order chi connectivity index (χ1) is 11.8. The molecular formula is C20H19NO4. The first kappa shape index (κ1) is 16.9. The van der Waals surface area contributed by atoms with Gasteiger partial charge in [0.25, 0.3) is 0 Å². The Bertz CT molecular complexity index is 995. The van der Waals surface area contributed by atoms with E-state index < -0.39 is 11.6 Å². The predicted molar refractivity (Wildman–Crippen MR) is 95.8 cm³/mol. The summed E-state index contributed by atoms with van der Waals surface area (Å²) in [6.07, 6.45) is 0. The fourth-order valence-corrected chi connectivity index (χ4v) is 2.55. The van der Waals surface area contributed by atoms with E-state index >= 15 is 0 Å². The summed E-state index contributed by atoms with van der Waals surface area (Å²) in [6.45, 7) is 6.40. The molecule has 128 valence electrons. The molecule has 0 fully saturated rings. The molecule has 0 aliphatic rings. The van der Waals surface area contributed by atoms with Gasteiger partial charge in [-0.15, -0.1) is 0 Å². The molecule has 0 aliphatic heterocycles. The molecular weight excluding hydrogens is 318 g/mol. The summed E-state index contributed by atoms with van der Waals surface area (Å²) in [5.41, 5.74) is 2.17. The van der Waals surface area contributed by atoms with Crippen LogP contribution in [0.2, 0.25) is 0 Å². The van der Waals surface area contributed by atoms with Crippen LogP contribution in [0.15, 0.2) is 51.7 Å². The second-order valence-electron chi connectivity index (χ2n) is 6.86. The van der Waals surface area contributed by atoms with Crippen LogP contribution in [-0.4, -0.2) is 18.1 Å². The highest BCUT2D eigenvalue weighted by atomic mass is 16.5. The quantitative estimate of drug-likeness (QED) is 0.663. The van der Waals surface area contributed by atoms with Crippen molar-refractivity contribution in [2.75, 3.05) is 7.11 Å². The van der Waals surface area contributed by atoms with Crippen LogP contribution in [0.3, 0.4) is 0 Å². The fraction of sp³-hybridized carbons (Fsp3) is 0.250. The lowest BCUT2D eigenvalue weighted by atomic mass is 9.87. The number of hydrogen-bond donors (Lipinski definition) is 0. The monoisotopic (exact) mass is 337 g/mol. The summed E-state index contributed by atoms with van der Waals surface area (Å²) in [5, 5.41) is 0.248. The van der Waals surface area contributed by atoms with Crippen LogP contribution in [-0.2, 0) is 10.2 Å². The molecule has 0 amide bonds. The average molecular weight is 337 g/mol. The number of carbonyl (C=O) groups is 1. The van der Waals surface area contributed by atoms with E-state index in [9.17, 15) is 9.59 Å². The van der Waals surface area contributed by atoms with Crippen molar-refractivity contribution in [3.63, 3.8) is 0 Å². The van der Waals surface area contributed by atoms with Gasteiger partial charge in [-0.2, -0.15) is 0 Å². The number of benzene rings is 2. The maximum Gasteiger partial charge on any atom is 0.347 e. The van der Waals surface area contributed by atoms with Gasteiger partial charge in [0.15, 0.2) is 0 Å². The van der Waals surface area contributed by atoms with Crippen LogP contribution in [0, 0.1) is 0 Å². The second kappa shape index (κ2) is 6.16. The third kappa shape index (κ3) is 3.31. The van der Waals surface area contributed by atoms with Crippen molar-refractivity contribution in [1.82, 2.24) is 4.98 Å².